The van der Waals surface area contributed by atoms with Gasteiger partial charge in [0.2, 0.25) is 0 Å². The lowest BCUT2D eigenvalue weighted by Gasteiger charge is -2.37. The van der Waals surface area contributed by atoms with E-state index >= 15 is 0 Å². The predicted molar refractivity (Wildman–Crippen MR) is 123 cm³/mol. The van der Waals surface area contributed by atoms with Gasteiger partial charge in [-0.25, -0.2) is 4.68 Å². The number of hydrogen-bond donors (Lipinski definition) is 1. The minimum atomic E-state index is -0.279. The van der Waals surface area contributed by atoms with Gasteiger partial charge in [-0.2, -0.15) is 0 Å². The van der Waals surface area contributed by atoms with Gasteiger partial charge in [-0.05, 0) is 92.4 Å². The molecule has 2 aromatic heterocycles. The van der Waals surface area contributed by atoms with Crippen LogP contribution >= 0.6 is 0 Å². The van der Waals surface area contributed by atoms with E-state index in [9.17, 15) is 4.79 Å². The summed E-state index contributed by atoms with van der Waals surface area (Å²) in [5.41, 5.74) is 3.61. The topological polar surface area (TPSA) is 79.7 Å². The average molecular weight is 423 g/mol. The highest BCUT2D eigenvalue weighted by atomic mass is 16.1. The number of hydrogen-bond acceptors (Lipinski definition) is 5. The third-order valence-electron chi connectivity index (χ3n) is 7.10. The van der Waals surface area contributed by atoms with Gasteiger partial charge in [0.1, 0.15) is 6.04 Å². The van der Waals surface area contributed by atoms with Crippen LogP contribution in [0, 0.1) is 19.8 Å². The molecule has 0 saturated carbocycles. The zero-order chi connectivity index (χ0) is 22.3. The first-order valence-electron chi connectivity index (χ1n) is 11.4. The van der Waals surface area contributed by atoms with Crippen molar-refractivity contribution in [2.75, 3.05) is 13.1 Å². The van der Waals surface area contributed by atoms with Gasteiger partial charge in [-0.15, -0.1) is 5.10 Å². The van der Waals surface area contributed by atoms with Crippen LogP contribution < -0.4 is 5.56 Å². The smallest absolute Gasteiger partial charge is 0.253 e. The molecule has 0 radical (unpaired) electrons. The van der Waals surface area contributed by atoms with Gasteiger partial charge >= 0.3 is 0 Å². The Morgan fingerprint density at radius 1 is 1.29 bits per heavy atom. The molecule has 7 heteroatoms. The maximum absolute atomic E-state index is 13.4. The number of pyridine rings is 1. The number of aromatic nitrogens is 5. The molecule has 166 valence electrons. The summed E-state index contributed by atoms with van der Waals surface area (Å²) in [6, 6.07) is 5.97. The number of rotatable bonds is 5. The fourth-order valence-corrected chi connectivity index (χ4v) is 4.65. The Balaban J connectivity index is 1.93. The second-order valence-electron chi connectivity index (χ2n) is 9.79. The zero-order valence-electron chi connectivity index (χ0n) is 19.6. The Bertz CT molecular complexity index is 1140. The van der Waals surface area contributed by atoms with Crippen molar-refractivity contribution in [3.63, 3.8) is 0 Å². The van der Waals surface area contributed by atoms with Gasteiger partial charge in [0.15, 0.2) is 5.82 Å². The molecule has 1 aromatic carbocycles. The lowest BCUT2D eigenvalue weighted by atomic mass is 9.94. The molecule has 7 nitrogen and oxygen atoms in total. The predicted octanol–water partition coefficient (Wildman–Crippen LogP) is 4.10. The monoisotopic (exact) mass is 422 g/mol. The maximum atomic E-state index is 13.4. The van der Waals surface area contributed by atoms with Crippen molar-refractivity contribution < 1.29 is 0 Å². The van der Waals surface area contributed by atoms with Gasteiger partial charge in [-0.3, -0.25) is 9.69 Å². The van der Waals surface area contributed by atoms with E-state index in [1.54, 1.807) is 0 Å². The molecular weight excluding hydrogens is 388 g/mol. The summed E-state index contributed by atoms with van der Waals surface area (Å²) in [4.78, 5) is 19.0. The van der Waals surface area contributed by atoms with Crippen LogP contribution in [0.15, 0.2) is 23.0 Å². The third kappa shape index (κ3) is 3.91. The summed E-state index contributed by atoms with van der Waals surface area (Å²) in [6.45, 7) is 14.7. The van der Waals surface area contributed by atoms with Crippen molar-refractivity contribution in [3.8, 4) is 0 Å². The van der Waals surface area contributed by atoms with Crippen LogP contribution in [0.25, 0.3) is 10.9 Å². The number of nitrogens with one attached hydrogen (secondary N) is 1. The molecule has 0 unspecified atom stereocenters. The minimum Gasteiger partial charge on any atom is -0.321 e. The summed E-state index contributed by atoms with van der Waals surface area (Å²) in [6.07, 6.45) is 3.21. The van der Waals surface area contributed by atoms with E-state index in [1.807, 2.05) is 10.7 Å². The molecule has 3 heterocycles. The number of aryl methyl sites for hydroxylation is 2. The SMILES string of the molecule is CCC(C)(C)n1nnnc1[C@@H](c1cc2ccc(C)c(C)c2[nH]c1=O)N1CCC[C@H](C)C1. The largest absolute Gasteiger partial charge is 0.321 e. The summed E-state index contributed by atoms with van der Waals surface area (Å²) in [5, 5.41) is 13.9. The number of nitrogens with zero attached hydrogens (tertiary/aromatic N) is 5. The van der Waals surface area contributed by atoms with E-state index in [0.717, 1.165) is 48.2 Å². The molecule has 2 atom stereocenters. The van der Waals surface area contributed by atoms with E-state index in [2.05, 4.69) is 79.1 Å². The number of tetrazole rings is 1. The fourth-order valence-electron chi connectivity index (χ4n) is 4.65. The molecule has 0 aliphatic carbocycles. The summed E-state index contributed by atoms with van der Waals surface area (Å²) >= 11 is 0. The highest BCUT2D eigenvalue weighted by Gasteiger charge is 2.35. The fraction of sp³-hybridized carbons (Fsp3) is 0.583. The van der Waals surface area contributed by atoms with E-state index in [0.29, 0.717) is 11.5 Å². The second-order valence-corrected chi connectivity index (χ2v) is 9.79. The van der Waals surface area contributed by atoms with Crippen molar-refractivity contribution >= 4 is 10.9 Å². The van der Waals surface area contributed by atoms with Crippen molar-refractivity contribution in [3.05, 3.63) is 51.1 Å². The van der Waals surface area contributed by atoms with Crippen molar-refractivity contribution in [1.82, 2.24) is 30.1 Å². The number of piperidine rings is 1. The van der Waals surface area contributed by atoms with Gasteiger partial charge in [-0.1, -0.05) is 26.0 Å². The van der Waals surface area contributed by atoms with Gasteiger partial charge in [0.05, 0.1) is 11.1 Å². The number of fused-ring (bicyclic) bond motifs is 1. The number of likely N-dealkylation sites (tertiary alicyclic amines) is 1. The maximum Gasteiger partial charge on any atom is 0.253 e. The van der Waals surface area contributed by atoms with Crippen LogP contribution in [0.1, 0.15) is 75.5 Å². The van der Waals surface area contributed by atoms with Gasteiger partial charge in [0, 0.05) is 12.1 Å². The number of aromatic amines is 1. The molecule has 1 N–H and O–H groups in total. The zero-order valence-corrected chi connectivity index (χ0v) is 19.6. The Morgan fingerprint density at radius 3 is 2.77 bits per heavy atom. The quantitative estimate of drug-likeness (QED) is 0.670. The van der Waals surface area contributed by atoms with E-state index in [4.69, 9.17) is 0 Å². The highest BCUT2D eigenvalue weighted by molar-refractivity contribution is 5.83. The van der Waals surface area contributed by atoms with Crippen LogP contribution in [0.2, 0.25) is 0 Å². The molecular formula is C24H34N6O. The van der Waals surface area contributed by atoms with E-state index < -0.39 is 0 Å². The van der Waals surface area contributed by atoms with Crippen LogP contribution in [0.3, 0.4) is 0 Å². The van der Waals surface area contributed by atoms with Crippen molar-refractivity contribution in [2.45, 2.75) is 72.4 Å². The second kappa shape index (κ2) is 8.19. The van der Waals surface area contributed by atoms with E-state index in [1.165, 1.54) is 12.0 Å². The Hall–Kier alpha value is -2.54. The van der Waals surface area contributed by atoms with Crippen molar-refractivity contribution in [1.29, 1.82) is 0 Å². The number of H-pyrrole nitrogens is 1. The van der Waals surface area contributed by atoms with Crippen LogP contribution in [-0.2, 0) is 5.54 Å². The average Bonchev–Trinajstić information content (AvgIpc) is 3.22. The summed E-state index contributed by atoms with van der Waals surface area (Å²) < 4.78 is 1.92. The molecule has 1 aliphatic rings. The Labute approximate surface area is 183 Å². The van der Waals surface area contributed by atoms with Crippen LogP contribution in [-0.4, -0.2) is 43.2 Å². The normalized spacial score (nSPS) is 19.1. The molecule has 4 rings (SSSR count). The van der Waals surface area contributed by atoms with Crippen LogP contribution in [0.5, 0.6) is 0 Å². The molecule has 3 aromatic rings. The molecule has 1 fully saturated rings. The minimum absolute atomic E-state index is 0.0618. The standard InChI is InChI=1S/C24H34N6O/c1-7-24(5,6)30-22(26-27-28-30)21(29-12-8-9-15(2)14-29)19-13-18-11-10-16(3)17(4)20(18)25-23(19)31/h10-11,13,15,21H,7-9,12,14H2,1-6H3,(H,25,31)/t15-,21+/m0/s1. The molecule has 1 aliphatic heterocycles. The molecule has 31 heavy (non-hydrogen) atoms. The first-order chi connectivity index (χ1) is 14.7. The lowest BCUT2D eigenvalue weighted by molar-refractivity contribution is 0.135. The third-order valence-corrected chi connectivity index (χ3v) is 7.10. The summed E-state index contributed by atoms with van der Waals surface area (Å²) in [5.74, 6) is 1.32. The molecule has 1 saturated heterocycles. The molecule has 0 bridgehead atoms. The van der Waals surface area contributed by atoms with Crippen molar-refractivity contribution in [2.24, 2.45) is 5.92 Å². The summed E-state index contributed by atoms with van der Waals surface area (Å²) in [7, 11) is 0. The highest BCUT2D eigenvalue weighted by Crippen LogP contribution is 2.33. The Morgan fingerprint density at radius 2 is 2.06 bits per heavy atom. The molecule has 0 spiro atoms. The van der Waals surface area contributed by atoms with Gasteiger partial charge < -0.3 is 4.98 Å². The molecule has 0 amide bonds. The lowest BCUT2D eigenvalue weighted by Crippen LogP contribution is -2.42. The first-order valence-corrected chi connectivity index (χ1v) is 11.4. The van der Waals surface area contributed by atoms with E-state index in [-0.39, 0.29) is 17.1 Å². The number of benzene rings is 1. The first kappa shape index (κ1) is 21.7. The Kier molecular flexibility index (Phi) is 5.73. The van der Waals surface area contributed by atoms with Gasteiger partial charge in [0.25, 0.3) is 5.56 Å². The van der Waals surface area contributed by atoms with Crippen LogP contribution in [0.4, 0.5) is 0 Å².